The molecule has 116 valence electrons. The fourth-order valence-electron chi connectivity index (χ4n) is 2.47. The maximum absolute atomic E-state index is 12.5. The van der Waals surface area contributed by atoms with Crippen molar-refractivity contribution >= 4 is 5.91 Å². The van der Waals surface area contributed by atoms with Gasteiger partial charge in [0.25, 0.3) is 11.5 Å². The Morgan fingerprint density at radius 1 is 1.50 bits per heavy atom. The number of hydrogen-bond donors (Lipinski definition) is 1. The van der Waals surface area contributed by atoms with E-state index in [0.717, 1.165) is 0 Å². The second kappa shape index (κ2) is 5.72. The molecule has 2 aromatic heterocycles. The van der Waals surface area contributed by atoms with Gasteiger partial charge in [0.2, 0.25) is 0 Å². The number of nitrogens with one attached hydrogen (secondary N) is 1. The SMILES string of the molecule is Cc1cc(=O)[nH]c([C@H]2CN(C(=O)c3nccn3C)CCO2)n1. The van der Waals surface area contributed by atoms with Crippen LogP contribution in [0.4, 0.5) is 0 Å². The molecule has 1 fully saturated rings. The molecule has 0 radical (unpaired) electrons. The Bertz CT molecular complexity index is 751. The lowest BCUT2D eigenvalue weighted by atomic mass is 10.2. The van der Waals surface area contributed by atoms with Crippen LogP contribution in [0.3, 0.4) is 0 Å². The summed E-state index contributed by atoms with van der Waals surface area (Å²) in [6.07, 6.45) is 2.88. The third-order valence-electron chi connectivity index (χ3n) is 3.56. The van der Waals surface area contributed by atoms with Crippen LogP contribution in [0.25, 0.3) is 0 Å². The van der Waals surface area contributed by atoms with Crippen LogP contribution in [0.1, 0.15) is 28.2 Å². The topological polar surface area (TPSA) is 93.1 Å². The van der Waals surface area contributed by atoms with E-state index in [0.29, 0.717) is 37.0 Å². The summed E-state index contributed by atoms with van der Waals surface area (Å²) in [4.78, 5) is 36.7. The molecular formula is C14H17N5O3. The van der Waals surface area contributed by atoms with Crippen LogP contribution in [-0.2, 0) is 11.8 Å². The number of rotatable bonds is 2. The number of nitrogens with zero attached hydrogens (tertiary/aromatic N) is 4. The van der Waals surface area contributed by atoms with Crippen molar-refractivity contribution in [2.75, 3.05) is 19.7 Å². The van der Waals surface area contributed by atoms with E-state index >= 15 is 0 Å². The molecule has 1 amide bonds. The van der Waals surface area contributed by atoms with Crippen LogP contribution in [0, 0.1) is 6.92 Å². The molecule has 0 aromatic carbocycles. The number of imidazole rings is 1. The van der Waals surface area contributed by atoms with Crippen LogP contribution >= 0.6 is 0 Å². The predicted octanol–water partition coefficient (Wildman–Crippen LogP) is 0.0255. The molecule has 0 saturated carbocycles. The van der Waals surface area contributed by atoms with Crippen molar-refractivity contribution in [2.45, 2.75) is 13.0 Å². The zero-order valence-electron chi connectivity index (χ0n) is 12.4. The number of morpholine rings is 1. The highest BCUT2D eigenvalue weighted by molar-refractivity contribution is 5.90. The van der Waals surface area contributed by atoms with Crippen LogP contribution in [0.5, 0.6) is 0 Å². The molecule has 22 heavy (non-hydrogen) atoms. The fraction of sp³-hybridized carbons (Fsp3) is 0.429. The number of aromatic nitrogens is 4. The Morgan fingerprint density at radius 2 is 2.32 bits per heavy atom. The molecule has 0 spiro atoms. The standard InChI is InChI=1S/C14H17N5O3/c1-9-7-11(20)17-12(16-9)10-8-19(5-6-22-10)14(21)13-15-3-4-18(13)2/h3-4,7,10H,5-6,8H2,1-2H3,(H,16,17,20)/t10-/m1/s1. The van der Waals surface area contributed by atoms with E-state index in [-0.39, 0.29) is 11.5 Å². The number of aromatic amines is 1. The van der Waals surface area contributed by atoms with Crippen molar-refractivity contribution in [1.82, 2.24) is 24.4 Å². The maximum Gasteiger partial charge on any atom is 0.290 e. The lowest BCUT2D eigenvalue weighted by molar-refractivity contribution is -0.0274. The molecule has 3 rings (SSSR count). The zero-order valence-corrected chi connectivity index (χ0v) is 12.4. The first-order valence-corrected chi connectivity index (χ1v) is 7.00. The molecule has 1 N–H and O–H groups in total. The molecular weight excluding hydrogens is 286 g/mol. The van der Waals surface area contributed by atoms with E-state index in [1.807, 2.05) is 0 Å². The van der Waals surface area contributed by atoms with Gasteiger partial charge in [0, 0.05) is 37.7 Å². The van der Waals surface area contributed by atoms with E-state index < -0.39 is 6.10 Å². The molecule has 1 aliphatic rings. The Hall–Kier alpha value is -2.48. The van der Waals surface area contributed by atoms with Crippen LogP contribution in [-0.4, -0.2) is 50.0 Å². The number of carbonyl (C=O) groups is 1. The average molecular weight is 303 g/mol. The molecule has 1 atom stereocenters. The van der Waals surface area contributed by atoms with Gasteiger partial charge >= 0.3 is 0 Å². The Balaban J connectivity index is 1.81. The molecule has 1 aliphatic heterocycles. The van der Waals surface area contributed by atoms with Gasteiger partial charge < -0.3 is 19.2 Å². The van der Waals surface area contributed by atoms with Gasteiger partial charge in [0.15, 0.2) is 5.82 Å². The van der Waals surface area contributed by atoms with Crippen molar-refractivity contribution in [1.29, 1.82) is 0 Å². The summed E-state index contributed by atoms with van der Waals surface area (Å²) in [5.74, 6) is 0.671. The van der Waals surface area contributed by atoms with Crippen molar-refractivity contribution in [3.8, 4) is 0 Å². The third kappa shape index (κ3) is 2.77. The van der Waals surface area contributed by atoms with Crippen LogP contribution in [0.2, 0.25) is 0 Å². The summed E-state index contributed by atoms with van der Waals surface area (Å²) in [6, 6.07) is 1.42. The molecule has 0 bridgehead atoms. The highest BCUT2D eigenvalue weighted by Crippen LogP contribution is 2.19. The van der Waals surface area contributed by atoms with Crippen molar-refractivity contribution in [2.24, 2.45) is 7.05 Å². The normalized spacial score (nSPS) is 18.5. The predicted molar refractivity (Wildman–Crippen MR) is 77.4 cm³/mol. The van der Waals surface area contributed by atoms with E-state index in [1.165, 1.54) is 6.07 Å². The highest BCUT2D eigenvalue weighted by Gasteiger charge is 2.29. The lowest BCUT2D eigenvalue weighted by Gasteiger charge is -2.32. The molecule has 1 saturated heterocycles. The minimum atomic E-state index is -0.439. The van der Waals surface area contributed by atoms with Gasteiger partial charge in [-0.3, -0.25) is 9.59 Å². The number of aryl methyl sites for hydroxylation is 2. The van der Waals surface area contributed by atoms with Crippen molar-refractivity contribution in [3.05, 3.63) is 46.2 Å². The first kappa shape index (κ1) is 14.5. The largest absolute Gasteiger partial charge is 0.367 e. The third-order valence-corrected chi connectivity index (χ3v) is 3.56. The number of H-pyrrole nitrogens is 1. The molecule has 0 aliphatic carbocycles. The van der Waals surface area contributed by atoms with Crippen molar-refractivity contribution in [3.63, 3.8) is 0 Å². The molecule has 8 heteroatoms. The number of ether oxygens (including phenoxy) is 1. The first-order valence-electron chi connectivity index (χ1n) is 7.00. The fourth-order valence-corrected chi connectivity index (χ4v) is 2.47. The number of carbonyl (C=O) groups excluding carboxylic acids is 1. The summed E-state index contributed by atoms with van der Waals surface area (Å²) in [5, 5.41) is 0. The van der Waals surface area contributed by atoms with E-state index in [9.17, 15) is 9.59 Å². The number of hydrogen-bond acceptors (Lipinski definition) is 5. The van der Waals surface area contributed by atoms with Crippen LogP contribution in [0.15, 0.2) is 23.3 Å². The Labute approximate surface area is 126 Å². The summed E-state index contributed by atoms with van der Waals surface area (Å²) in [5.41, 5.74) is 0.397. The molecule has 2 aromatic rings. The van der Waals surface area contributed by atoms with Gasteiger partial charge in [-0.2, -0.15) is 0 Å². The Kier molecular flexibility index (Phi) is 3.76. The highest BCUT2D eigenvalue weighted by atomic mass is 16.5. The van der Waals surface area contributed by atoms with E-state index in [2.05, 4.69) is 15.0 Å². The Morgan fingerprint density at radius 3 is 3.00 bits per heavy atom. The molecule has 3 heterocycles. The molecule has 0 unspecified atom stereocenters. The van der Waals surface area contributed by atoms with Crippen molar-refractivity contribution < 1.29 is 9.53 Å². The zero-order chi connectivity index (χ0) is 15.7. The summed E-state index contributed by atoms with van der Waals surface area (Å²) in [6.45, 7) is 2.95. The monoisotopic (exact) mass is 303 g/mol. The summed E-state index contributed by atoms with van der Waals surface area (Å²) in [7, 11) is 1.78. The van der Waals surface area contributed by atoms with Gasteiger partial charge in [-0.25, -0.2) is 9.97 Å². The van der Waals surface area contributed by atoms with Gasteiger partial charge in [0.1, 0.15) is 11.9 Å². The van der Waals surface area contributed by atoms with Gasteiger partial charge in [-0.1, -0.05) is 0 Å². The second-order valence-corrected chi connectivity index (χ2v) is 5.24. The van der Waals surface area contributed by atoms with Crippen LogP contribution < -0.4 is 5.56 Å². The second-order valence-electron chi connectivity index (χ2n) is 5.24. The van der Waals surface area contributed by atoms with Gasteiger partial charge in [0.05, 0.1) is 13.2 Å². The van der Waals surface area contributed by atoms with Gasteiger partial charge in [-0.15, -0.1) is 0 Å². The minimum absolute atomic E-state index is 0.157. The van der Waals surface area contributed by atoms with E-state index in [1.54, 1.807) is 35.8 Å². The van der Waals surface area contributed by atoms with E-state index in [4.69, 9.17) is 4.74 Å². The van der Waals surface area contributed by atoms with Gasteiger partial charge in [-0.05, 0) is 6.92 Å². The minimum Gasteiger partial charge on any atom is -0.367 e. The lowest BCUT2D eigenvalue weighted by Crippen LogP contribution is -2.43. The summed E-state index contributed by atoms with van der Waals surface area (Å²) >= 11 is 0. The maximum atomic E-state index is 12.5. The quantitative estimate of drug-likeness (QED) is 0.844. The smallest absolute Gasteiger partial charge is 0.290 e. The average Bonchev–Trinajstić information content (AvgIpc) is 2.92. The summed E-state index contributed by atoms with van der Waals surface area (Å²) < 4.78 is 7.33. The number of amides is 1. The molecule has 8 nitrogen and oxygen atoms in total. The first-order chi connectivity index (χ1) is 10.5.